The molecule has 0 fully saturated rings. The molecule has 0 aromatic carbocycles. The Labute approximate surface area is 73.6 Å². The van der Waals surface area contributed by atoms with Gasteiger partial charge in [-0.25, -0.2) is 4.79 Å². The lowest BCUT2D eigenvalue weighted by atomic mass is 9.93. The Bertz CT molecular complexity index is 224. The van der Waals surface area contributed by atoms with Crippen molar-refractivity contribution in [2.24, 2.45) is 11.8 Å². The molecule has 0 amide bonds. The summed E-state index contributed by atoms with van der Waals surface area (Å²) in [7, 11) is 0. The van der Waals surface area contributed by atoms with Gasteiger partial charge in [0.1, 0.15) is 6.61 Å². The van der Waals surface area contributed by atoms with Crippen molar-refractivity contribution in [3.8, 4) is 0 Å². The van der Waals surface area contributed by atoms with Crippen molar-refractivity contribution < 1.29 is 9.53 Å². The van der Waals surface area contributed by atoms with Crippen molar-refractivity contribution in [1.29, 1.82) is 0 Å². The van der Waals surface area contributed by atoms with Crippen LogP contribution in [0.4, 0.5) is 0 Å². The van der Waals surface area contributed by atoms with Gasteiger partial charge in [0.05, 0.1) is 0 Å². The molecule has 0 saturated carbocycles. The van der Waals surface area contributed by atoms with Crippen LogP contribution in [0.2, 0.25) is 0 Å². The molecule has 1 aliphatic rings. The van der Waals surface area contributed by atoms with E-state index < -0.39 is 0 Å². The van der Waals surface area contributed by atoms with Gasteiger partial charge in [-0.2, -0.15) is 0 Å². The van der Waals surface area contributed by atoms with Crippen molar-refractivity contribution in [3.05, 3.63) is 11.1 Å². The minimum atomic E-state index is -0.117. The van der Waals surface area contributed by atoms with E-state index >= 15 is 0 Å². The van der Waals surface area contributed by atoms with Crippen molar-refractivity contribution in [2.75, 3.05) is 6.61 Å². The van der Waals surface area contributed by atoms with Crippen LogP contribution in [0.3, 0.4) is 0 Å². The van der Waals surface area contributed by atoms with Gasteiger partial charge in [-0.15, -0.1) is 0 Å². The second kappa shape index (κ2) is 3.30. The molecule has 0 aromatic heterocycles. The topological polar surface area (TPSA) is 26.3 Å². The zero-order valence-electron chi connectivity index (χ0n) is 8.18. The molecule has 2 heteroatoms. The number of rotatable bonds is 2. The molecule has 1 heterocycles. The first-order chi connectivity index (χ1) is 5.54. The fourth-order valence-electron chi connectivity index (χ4n) is 1.51. The summed E-state index contributed by atoms with van der Waals surface area (Å²) in [5, 5.41) is 0. The molecule has 1 aliphatic heterocycles. The van der Waals surface area contributed by atoms with E-state index in [1.807, 2.05) is 13.8 Å². The van der Waals surface area contributed by atoms with Crippen LogP contribution in [-0.2, 0) is 9.53 Å². The molecule has 1 rings (SSSR count). The van der Waals surface area contributed by atoms with E-state index in [4.69, 9.17) is 4.74 Å². The highest BCUT2D eigenvalue weighted by Gasteiger charge is 2.28. The Hall–Kier alpha value is -0.790. The molecule has 0 aliphatic carbocycles. The molecule has 0 atom stereocenters. The number of carbonyl (C=O) groups is 1. The fraction of sp³-hybridized carbons (Fsp3) is 0.700. The largest absolute Gasteiger partial charge is 0.458 e. The smallest absolute Gasteiger partial charge is 0.334 e. The fourth-order valence-corrected chi connectivity index (χ4v) is 1.51. The van der Waals surface area contributed by atoms with Crippen molar-refractivity contribution in [1.82, 2.24) is 0 Å². The first kappa shape index (κ1) is 9.30. The van der Waals surface area contributed by atoms with E-state index in [0.717, 1.165) is 5.57 Å². The number of carbonyl (C=O) groups excluding carboxylic acids is 1. The number of esters is 1. The quantitative estimate of drug-likeness (QED) is 0.590. The van der Waals surface area contributed by atoms with Gasteiger partial charge in [0, 0.05) is 5.57 Å². The van der Waals surface area contributed by atoms with Crippen molar-refractivity contribution in [3.63, 3.8) is 0 Å². The zero-order chi connectivity index (χ0) is 9.30. The molecule has 0 radical (unpaired) electrons. The summed E-state index contributed by atoms with van der Waals surface area (Å²) in [6.45, 7) is 8.76. The number of hydrogen-bond donors (Lipinski definition) is 0. The second-order valence-electron chi connectivity index (χ2n) is 3.82. The lowest BCUT2D eigenvalue weighted by Crippen LogP contribution is -2.06. The summed E-state index contributed by atoms with van der Waals surface area (Å²) < 4.78 is 4.99. The Morgan fingerprint density at radius 2 is 1.75 bits per heavy atom. The molecule has 2 nitrogen and oxygen atoms in total. The standard InChI is InChI=1S/C10H16O2/c1-6(2)8-5-12-10(11)9(8)7(3)4/h6-7H,5H2,1-4H3. The predicted molar refractivity (Wildman–Crippen MR) is 47.7 cm³/mol. The summed E-state index contributed by atoms with van der Waals surface area (Å²) >= 11 is 0. The van der Waals surface area contributed by atoms with Crippen LogP contribution in [0.5, 0.6) is 0 Å². The molecule has 0 spiro atoms. The van der Waals surface area contributed by atoms with E-state index in [-0.39, 0.29) is 11.9 Å². The Balaban J connectivity index is 2.98. The molecule has 68 valence electrons. The first-order valence-electron chi connectivity index (χ1n) is 4.44. The van der Waals surface area contributed by atoms with Crippen LogP contribution < -0.4 is 0 Å². The van der Waals surface area contributed by atoms with Gasteiger partial charge in [0.25, 0.3) is 0 Å². The van der Waals surface area contributed by atoms with Crippen LogP contribution in [0.25, 0.3) is 0 Å². The number of ether oxygens (including phenoxy) is 1. The van der Waals surface area contributed by atoms with Crippen LogP contribution in [-0.4, -0.2) is 12.6 Å². The summed E-state index contributed by atoms with van der Waals surface area (Å²) in [5.41, 5.74) is 2.07. The highest BCUT2D eigenvalue weighted by Crippen LogP contribution is 2.27. The van der Waals surface area contributed by atoms with Gasteiger partial charge >= 0.3 is 5.97 Å². The number of hydrogen-bond acceptors (Lipinski definition) is 2. The maximum Gasteiger partial charge on any atom is 0.334 e. The van der Waals surface area contributed by atoms with Crippen LogP contribution in [0.15, 0.2) is 11.1 Å². The van der Waals surface area contributed by atoms with E-state index in [2.05, 4.69) is 13.8 Å². The minimum Gasteiger partial charge on any atom is -0.458 e. The normalized spacial score (nSPS) is 18.0. The molecular formula is C10H16O2. The highest BCUT2D eigenvalue weighted by atomic mass is 16.5. The van der Waals surface area contributed by atoms with Gasteiger partial charge < -0.3 is 4.74 Å². The van der Waals surface area contributed by atoms with E-state index in [1.165, 1.54) is 5.57 Å². The summed E-state index contributed by atoms with van der Waals surface area (Å²) in [5.74, 6) is 0.597. The van der Waals surface area contributed by atoms with E-state index in [1.54, 1.807) is 0 Å². The van der Waals surface area contributed by atoms with Gasteiger partial charge in [0.2, 0.25) is 0 Å². The van der Waals surface area contributed by atoms with Crippen molar-refractivity contribution >= 4 is 5.97 Å². The Kier molecular flexibility index (Phi) is 2.55. The molecule has 0 saturated heterocycles. The summed E-state index contributed by atoms with van der Waals surface area (Å²) in [6.07, 6.45) is 0. The molecule has 12 heavy (non-hydrogen) atoms. The Morgan fingerprint density at radius 3 is 2.08 bits per heavy atom. The van der Waals surface area contributed by atoms with Gasteiger partial charge in [0.15, 0.2) is 0 Å². The zero-order valence-corrected chi connectivity index (χ0v) is 8.18. The van der Waals surface area contributed by atoms with E-state index in [9.17, 15) is 4.79 Å². The van der Waals surface area contributed by atoms with Crippen molar-refractivity contribution in [2.45, 2.75) is 27.7 Å². The maximum atomic E-state index is 11.3. The third-order valence-corrected chi connectivity index (χ3v) is 2.20. The van der Waals surface area contributed by atoms with Crippen LogP contribution >= 0.6 is 0 Å². The molecule has 0 bridgehead atoms. The number of cyclic esters (lactones) is 1. The predicted octanol–water partition coefficient (Wildman–Crippen LogP) is 2.15. The monoisotopic (exact) mass is 168 g/mol. The molecule has 0 aromatic rings. The third-order valence-electron chi connectivity index (χ3n) is 2.20. The average molecular weight is 168 g/mol. The lowest BCUT2D eigenvalue weighted by molar-refractivity contribution is -0.136. The molecule has 0 N–H and O–H groups in total. The lowest BCUT2D eigenvalue weighted by Gasteiger charge is -2.08. The maximum absolute atomic E-state index is 11.3. The van der Waals surface area contributed by atoms with Crippen LogP contribution in [0.1, 0.15) is 27.7 Å². The van der Waals surface area contributed by atoms with E-state index in [0.29, 0.717) is 12.5 Å². The van der Waals surface area contributed by atoms with Gasteiger partial charge in [-0.05, 0) is 17.4 Å². The van der Waals surface area contributed by atoms with Crippen LogP contribution in [0, 0.1) is 11.8 Å². The second-order valence-corrected chi connectivity index (χ2v) is 3.82. The average Bonchev–Trinajstić information content (AvgIpc) is 2.30. The molecule has 0 unspecified atom stereocenters. The molecular weight excluding hydrogens is 152 g/mol. The van der Waals surface area contributed by atoms with Gasteiger partial charge in [-0.3, -0.25) is 0 Å². The third kappa shape index (κ3) is 1.52. The Morgan fingerprint density at radius 1 is 1.17 bits per heavy atom. The first-order valence-corrected chi connectivity index (χ1v) is 4.44. The minimum absolute atomic E-state index is 0.117. The SMILES string of the molecule is CC(C)C1=C(C(C)C)C(=O)OC1. The summed E-state index contributed by atoms with van der Waals surface area (Å²) in [6, 6.07) is 0. The summed E-state index contributed by atoms with van der Waals surface area (Å²) in [4.78, 5) is 11.3. The van der Waals surface area contributed by atoms with Gasteiger partial charge in [-0.1, -0.05) is 27.7 Å². The highest BCUT2D eigenvalue weighted by molar-refractivity contribution is 5.92.